The molecule has 0 bridgehead atoms. The number of carbonyl (C=O) groups excluding carboxylic acids is 1. The number of hydroxylamine groups is 1. The van der Waals surface area contributed by atoms with Gasteiger partial charge in [0.05, 0.1) is 12.5 Å². The molecule has 2 aromatic rings. The highest BCUT2D eigenvalue weighted by Gasteiger charge is 2.26. The normalized spacial score (nSPS) is 14.2. The molecule has 0 atom stereocenters. The highest BCUT2D eigenvalue weighted by molar-refractivity contribution is 5.98. The van der Waals surface area contributed by atoms with Crippen LogP contribution in [-0.4, -0.2) is 46.6 Å². The lowest BCUT2D eigenvalue weighted by atomic mass is 9.97. The van der Waals surface area contributed by atoms with E-state index >= 15 is 0 Å². The Bertz CT molecular complexity index is 901. The number of piperidine rings is 1. The lowest BCUT2D eigenvalue weighted by molar-refractivity contribution is -0.142. The molecule has 2 heterocycles. The summed E-state index contributed by atoms with van der Waals surface area (Å²) in [4.78, 5) is 40.3. The molecular weight excluding hydrogens is 422 g/mol. The van der Waals surface area contributed by atoms with Gasteiger partial charge >= 0.3 is 5.97 Å². The molecule has 1 saturated heterocycles. The van der Waals surface area contributed by atoms with Crippen molar-refractivity contribution in [3.8, 4) is 0 Å². The molecule has 1 amide bonds. The average Bonchev–Trinajstić information content (AvgIpc) is 2.85. The maximum atomic E-state index is 12.7. The molecule has 1 aromatic carbocycles. The standard InChI is InChI=1S/C24H33N5O4/c1-2-3-4-8-15-33-28-22(30)20-17-26-24(29-13-11-19(12-14-29)23(31)32)27-21(20)25-16-18-9-6-5-7-10-18/h5-7,9-10,17,19H,2-4,8,11-16H2,1H3,(H,28,30)(H,31,32)(H,25,26,27). The van der Waals surface area contributed by atoms with Crippen LogP contribution in [0.15, 0.2) is 36.5 Å². The van der Waals surface area contributed by atoms with Gasteiger partial charge in [-0.15, -0.1) is 0 Å². The fraction of sp³-hybridized carbons (Fsp3) is 0.500. The van der Waals surface area contributed by atoms with E-state index in [1.807, 2.05) is 35.2 Å². The number of amides is 1. The number of carboxylic acid groups (broad SMARTS) is 1. The molecule has 33 heavy (non-hydrogen) atoms. The number of carboxylic acids is 1. The molecule has 3 rings (SSSR count). The van der Waals surface area contributed by atoms with E-state index in [0.717, 1.165) is 31.2 Å². The minimum atomic E-state index is -0.762. The number of aliphatic carboxylic acids is 1. The molecule has 0 saturated carbocycles. The number of hydrogen-bond donors (Lipinski definition) is 3. The van der Waals surface area contributed by atoms with Crippen LogP contribution in [0.4, 0.5) is 11.8 Å². The van der Waals surface area contributed by atoms with E-state index in [2.05, 4.69) is 27.7 Å². The van der Waals surface area contributed by atoms with Crippen molar-refractivity contribution in [2.24, 2.45) is 5.92 Å². The molecular formula is C24H33N5O4. The van der Waals surface area contributed by atoms with Crippen LogP contribution in [0.2, 0.25) is 0 Å². The Morgan fingerprint density at radius 2 is 1.91 bits per heavy atom. The number of nitrogens with zero attached hydrogens (tertiary/aromatic N) is 3. The number of rotatable bonds is 12. The summed E-state index contributed by atoms with van der Waals surface area (Å²) in [7, 11) is 0. The molecule has 0 spiro atoms. The highest BCUT2D eigenvalue weighted by Crippen LogP contribution is 2.23. The Hall–Kier alpha value is -3.20. The number of aromatic nitrogens is 2. The van der Waals surface area contributed by atoms with Crippen LogP contribution in [0, 0.1) is 5.92 Å². The van der Waals surface area contributed by atoms with Crippen molar-refractivity contribution in [3.05, 3.63) is 47.7 Å². The van der Waals surface area contributed by atoms with E-state index in [4.69, 9.17) is 4.84 Å². The third kappa shape index (κ3) is 7.42. The first-order chi connectivity index (χ1) is 16.1. The van der Waals surface area contributed by atoms with Crippen LogP contribution in [0.1, 0.15) is 61.4 Å². The summed E-state index contributed by atoms with van der Waals surface area (Å²) in [5.41, 5.74) is 3.84. The lowest BCUT2D eigenvalue weighted by Gasteiger charge is -2.30. The van der Waals surface area contributed by atoms with E-state index in [1.165, 1.54) is 6.20 Å². The zero-order valence-corrected chi connectivity index (χ0v) is 19.1. The van der Waals surface area contributed by atoms with Gasteiger partial charge in [-0.25, -0.2) is 10.5 Å². The van der Waals surface area contributed by atoms with Crippen LogP contribution in [-0.2, 0) is 16.2 Å². The molecule has 9 heteroatoms. The van der Waals surface area contributed by atoms with Gasteiger partial charge in [0.2, 0.25) is 5.95 Å². The minimum Gasteiger partial charge on any atom is -0.481 e. The maximum Gasteiger partial charge on any atom is 0.306 e. The topological polar surface area (TPSA) is 117 Å². The highest BCUT2D eigenvalue weighted by atomic mass is 16.6. The minimum absolute atomic E-state index is 0.295. The Kier molecular flexibility index (Phi) is 9.44. The van der Waals surface area contributed by atoms with Crippen LogP contribution >= 0.6 is 0 Å². The predicted molar refractivity (Wildman–Crippen MR) is 126 cm³/mol. The van der Waals surface area contributed by atoms with Gasteiger partial charge in [0.15, 0.2) is 0 Å². The summed E-state index contributed by atoms with van der Waals surface area (Å²) in [5.74, 6) is -0.612. The van der Waals surface area contributed by atoms with E-state index in [0.29, 0.717) is 56.4 Å². The first kappa shape index (κ1) is 24.4. The summed E-state index contributed by atoms with van der Waals surface area (Å²) in [6, 6.07) is 9.84. The maximum absolute atomic E-state index is 12.7. The van der Waals surface area contributed by atoms with Gasteiger partial charge in [0, 0.05) is 25.8 Å². The summed E-state index contributed by atoms with van der Waals surface area (Å²) in [5, 5.41) is 12.5. The Morgan fingerprint density at radius 3 is 2.61 bits per heavy atom. The molecule has 9 nitrogen and oxygen atoms in total. The second-order valence-electron chi connectivity index (χ2n) is 8.21. The molecule has 1 aromatic heterocycles. The van der Waals surface area contributed by atoms with E-state index in [9.17, 15) is 14.7 Å². The Morgan fingerprint density at radius 1 is 1.15 bits per heavy atom. The SMILES string of the molecule is CCCCCCONC(=O)c1cnc(N2CCC(C(=O)O)CC2)nc1NCc1ccccc1. The molecule has 178 valence electrons. The van der Waals surface area contributed by atoms with Crippen molar-refractivity contribution in [2.45, 2.75) is 52.0 Å². The first-order valence-corrected chi connectivity index (χ1v) is 11.6. The van der Waals surface area contributed by atoms with E-state index in [1.54, 1.807) is 0 Å². The monoisotopic (exact) mass is 455 g/mol. The smallest absolute Gasteiger partial charge is 0.306 e. The summed E-state index contributed by atoms with van der Waals surface area (Å²) < 4.78 is 0. The summed E-state index contributed by atoms with van der Waals surface area (Å²) in [6.07, 6.45) is 6.81. The van der Waals surface area contributed by atoms with E-state index in [-0.39, 0.29) is 5.92 Å². The average molecular weight is 456 g/mol. The zero-order valence-electron chi connectivity index (χ0n) is 19.1. The van der Waals surface area contributed by atoms with Crippen molar-refractivity contribution in [1.82, 2.24) is 15.4 Å². The van der Waals surface area contributed by atoms with E-state index < -0.39 is 11.9 Å². The van der Waals surface area contributed by atoms with Crippen LogP contribution in [0.3, 0.4) is 0 Å². The zero-order chi connectivity index (χ0) is 23.5. The fourth-order valence-electron chi connectivity index (χ4n) is 3.71. The quantitative estimate of drug-likeness (QED) is 0.328. The van der Waals surface area contributed by atoms with Gasteiger partial charge < -0.3 is 15.3 Å². The van der Waals surface area contributed by atoms with Crippen LogP contribution < -0.4 is 15.7 Å². The second kappa shape index (κ2) is 12.7. The van der Waals surface area contributed by atoms with Gasteiger partial charge in [-0.1, -0.05) is 56.5 Å². The molecule has 1 fully saturated rings. The Labute approximate surface area is 194 Å². The molecule has 1 aliphatic rings. The van der Waals surface area contributed by atoms with Crippen molar-refractivity contribution >= 4 is 23.6 Å². The number of anilines is 2. The third-order valence-corrected chi connectivity index (χ3v) is 5.72. The molecule has 3 N–H and O–H groups in total. The van der Waals surface area contributed by atoms with Crippen molar-refractivity contribution in [2.75, 3.05) is 29.9 Å². The number of unbranched alkanes of at least 4 members (excludes halogenated alkanes) is 3. The number of carbonyl (C=O) groups is 2. The number of nitrogens with one attached hydrogen (secondary N) is 2. The Balaban J connectivity index is 1.68. The van der Waals surface area contributed by atoms with Gasteiger partial charge in [0.25, 0.3) is 5.91 Å². The fourth-order valence-corrected chi connectivity index (χ4v) is 3.71. The third-order valence-electron chi connectivity index (χ3n) is 5.72. The van der Waals surface area contributed by atoms with Gasteiger partial charge in [-0.3, -0.25) is 14.4 Å². The lowest BCUT2D eigenvalue weighted by Crippen LogP contribution is -2.37. The molecule has 0 unspecified atom stereocenters. The second-order valence-corrected chi connectivity index (χ2v) is 8.21. The molecule has 0 radical (unpaired) electrons. The van der Waals surface area contributed by atoms with Crippen LogP contribution in [0.25, 0.3) is 0 Å². The number of benzene rings is 1. The van der Waals surface area contributed by atoms with Gasteiger partial charge in [-0.2, -0.15) is 4.98 Å². The molecule has 0 aliphatic carbocycles. The predicted octanol–water partition coefficient (Wildman–Crippen LogP) is 3.63. The van der Waals surface area contributed by atoms with Crippen molar-refractivity contribution < 1.29 is 19.5 Å². The van der Waals surface area contributed by atoms with Gasteiger partial charge in [0.1, 0.15) is 11.4 Å². The first-order valence-electron chi connectivity index (χ1n) is 11.6. The van der Waals surface area contributed by atoms with Crippen molar-refractivity contribution in [1.29, 1.82) is 0 Å². The van der Waals surface area contributed by atoms with Gasteiger partial charge in [-0.05, 0) is 24.8 Å². The largest absolute Gasteiger partial charge is 0.481 e. The summed E-state index contributed by atoms with van der Waals surface area (Å²) in [6.45, 7) is 4.21. The van der Waals surface area contributed by atoms with Crippen molar-refractivity contribution in [3.63, 3.8) is 0 Å². The summed E-state index contributed by atoms with van der Waals surface area (Å²) >= 11 is 0. The molecule has 1 aliphatic heterocycles. The number of hydrogen-bond acceptors (Lipinski definition) is 7. The van der Waals surface area contributed by atoms with Crippen LogP contribution in [0.5, 0.6) is 0 Å².